The first kappa shape index (κ1) is 23.1. The molecule has 0 saturated carbocycles. The Morgan fingerprint density at radius 1 is 0.400 bits per heavy atom. The van der Waals surface area contributed by atoms with E-state index in [0.717, 1.165) is 21.8 Å². The number of fused-ring (bicyclic) bond motifs is 6. The van der Waals surface area contributed by atoms with E-state index in [4.69, 9.17) is 11.6 Å². The Balaban J connectivity index is 1.45. The Kier molecular flexibility index (Phi) is 5.26. The third kappa shape index (κ3) is 3.71. The van der Waals surface area contributed by atoms with Crippen molar-refractivity contribution in [3.8, 4) is 27.9 Å². The molecule has 0 aliphatic heterocycles. The zero-order chi connectivity index (χ0) is 26.6. The van der Waals surface area contributed by atoms with Crippen molar-refractivity contribution in [2.75, 3.05) is 0 Å². The van der Waals surface area contributed by atoms with Crippen LogP contribution >= 0.6 is 11.6 Å². The number of nitrogens with zero attached hydrogens (tertiary/aromatic N) is 1. The predicted molar refractivity (Wildman–Crippen MR) is 172 cm³/mol. The van der Waals surface area contributed by atoms with Crippen molar-refractivity contribution >= 4 is 55.0 Å². The fourth-order valence-electron chi connectivity index (χ4n) is 6.10. The van der Waals surface area contributed by atoms with Gasteiger partial charge in [-0.3, -0.25) is 0 Å². The Bertz CT molecular complexity index is 2220. The van der Waals surface area contributed by atoms with Crippen LogP contribution in [0.15, 0.2) is 146 Å². The molecule has 0 spiro atoms. The highest BCUT2D eigenvalue weighted by molar-refractivity contribution is 6.30. The normalized spacial score (nSPS) is 11.6. The molecule has 188 valence electrons. The molecule has 0 saturated heterocycles. The number of hydrogen-bond donors (Lipinski definition) is 0. The van der Waals surface area contributed by atoms with Crippen LogP contribution in [0, 0.1) is 0 Å². The summed E-state index contributed by atoms with van der Waals surface area (Å²) >= 11 is 6.27. The topological polar surface area (TPSA) is 4.93 Å². The van der Waals surface area contributed by atoms with E-state index in [-0.39, 0.29) is 0 Å². The Morgan fingerprint density at radius 3 is 1.85 bits per heavy atom. The summed E-state index contributed by atoms with van der Waals surface area (Å²) < 4.78 is 2.42. The quantitative estimate of drug-likeness (QED) is 0.214. The maximum absolute atomic E-state index is 6.27. The van der Waals surface area contributed by atoms with E-state index in [9.17, 15) is 0 Å². The first-order valence-corrected chi connectivity index (χ1v) is 13.9. The zero-order valence-electron chi connectivity index (χ0n) is 21.7. The fourth-order valence-corrected chi connectivity index (χ4v) is 6.23. The second-order valence-electron chi connectivity index (χ2n) is 10.4. The van der Waals surface area contributed by atoms with Gasteiger partial charge in [0.25, 0.3) is 0 Å². The highest BCUT2D eigenvalue weighted by Gasteiger charge is 2.16. The highest BCUT2D eigenvalue weighted by Crippen LogP contribution is 2.39. The minimum Gasteiger partial charge on any atom is -0.309 e. The van der Waals surface area contributed by atoms with E-state index < -0.39 is 0 Å². The van der Waals surface area contributed by atoms with Crippen LogP contribution in [0.2, 0.25) is 5.02 Å². The largest absolute Gasteiger partial charge is 0.309 e. The molecule has 0 bridgehead atoms. The molecule has 8 aromatic rings. The molecule has 1 aromatic heterocycles. The average Bonchev–Trinajstić information content (AvgIpc) is 3.36. The third-order valence-corrected chi connectivity index (χ3v) is 8.25. The molecule has 1 heterocycles. The van der Waals surface area contributed by atoms with Crippen molar-refractivity contribution in [1.82, 2.24) is 4.57 Å². The summed E-state index contributed by atoms with van der Waals surface area (Å²) in [5.74, 6) is 0. The molecule has 8 rings (SSSR count). The summed E-state index contributed by atoms with van der Waals surface area (Å²) in [5.41, 5.74) is 8.21. The van der Waals surface area contributed by atoms with Crippen molar-refractivity contribution in [3.05, 3.63) is 151 Å². The number of aromatic nitrogens is 1. The van der Waals surface area contributed by atoms with Gasteiger partial charge >= 0.3 is 0 Å². The molecule has 0 radical (unpaired) electrons. The lowest BCUT2D eigenvalue weighted by atomic mass is 9.96. The van der Waals surface area contributed by atoms with Crippen molar-refractivity contribution in [2.24, 2.45) is 0 Å². The summed E-state index contributed by atoms with van der Waals surface area (Å²) in [5, 5.41) is 8.31. The molecule has 0 amide bonds. The van der Waals surface area contributed by atoms with Crippen molar-refractivity contribution < 1.29 is 0 Å². The summed E-state index contributed by atoms with van der Waals surface area (Å²) in [6.45, 7) is 0. The van der Waals surface area contributed by atoms with Gasteiger partial charge in [0.2, 0.25) is 0 Å². The lowest BCUT2D eigenvalue weighted by Gasteiger charge is -2.14. The lowest BCUT2D eigenvalue weighted by Crippen LogP contribution is -1.96. The van der Waals surface area contributed by atoms with Crippen molar-refractivity contribution in [1.29, 1.82) is 0 Å². The van der Waals surface area contributed by atoms with Crippen LogP contribution < -0.4 is 0 Å². The number of halogens is 1. The predicted octanol–water partition coefficient (Wildman–Crippen LogP) is 11.1. The fraction of sp³-hybridized carbons (Fsp3) is 0. The van der Waals surface area contributed by atoms with Gasteiger partial charge in [0, 0.05) is 21.5 Å². The van der Waals surface area contributed by atoms with Crippen molar-refractivity contribution in [2.45, 2.75) is 0 Å². The molecule has 7 aromatic carbocycles. The number of hydrogen-bond acceptors (Lipinski definition) is 0. The maximum Gasteiger partial charge on any atom is 0.0547 e. The number of para-hydroxylation sites is 1. The average molecular weight is 530 g/mol. The third-order valence-electron chi connectivity index (χ3n) is 8.00. The molecule has 0 fully saturated rings. The molecule has 0 atom stereocenters. The Labute approximate surface area is 237 Å². The SMILES string of the molecule is Clc1ccc(-c2cc(-c3ccc4ccccc4c3)cc(-n3c4ccccc4c4c5ccccc5ccc43)c2)cc1. The summed E-state index contributed by atoms with van der Waals surface area (Å²) in [6.07, 6.45) is 0. The van der Waals surface area contributed by atoms with Crippen LogP contribution in [0.25, 0.3) is 71.3 Å². The molecule has 40 heavy (non-hydrogen) atoms. The van der Waals surface area contributed by atoms with Gasteiger partial charge in [-0.1, -0.05) is 109 Å². The van der Waals surface area contributed by atoms with E-state index in [1.165, 1.54) is 54.5 Å². The standard InChI is InChI=1S/C38H24ClN/c39-32-18-15-26(16-19-32)30-22-31(29-14-13-25-7-1-2-9-28(25)21-29)24-33(23-30)40-36-12-6-5-11-35(36)38-34-10-4-3-8-27(34)17-20-37(38)40/h1-24H. The monoisotopic (exact) mass is 529 g/mol. The zero-order valence-corrected chi connectivity index (χ0v) is 22.4. The molecule has 0 aliphatic rings. The highest BCUT2D eigenvalue weighted by atomic mass is 35.5. The van der Waals surface area contributed by atoms with E-state index >= 15 is 0 Å². The molecular formula is C38H24ClN. The van der Waals surface area contributed by atoms with E-state index in [1.807, 2.05) is 12.1 Å². The van der Waals surface area contributed by atoms with Crippen LogP contribution in [0.4, 0.5) is 0 Å². The van der Waals surface area contributed by atoms with Crippen LogP contribution in [-0.4, -0.2) is 4.57 Å². The Hall–Kier alpha value is -4.85. The van der Waals surface area contributed by atoms with E-state index in [0.29, 0.717) is 0 Å². The van der Waals surface area contributed by atoms with Gasteiger partial charge in [0.05, 0.1) is 11.0 Å². The van der Waals surface area contributed by atoms with Gasteiger partial charge in [-0.2, -0.15) is 0 Å². The summed E-state index contributed by atoms with van der Waals surface area (Å²) in [6, 6.07) is 52.2. The van der Waals surface area contributed by atoms with Gasteiger partial charge in [0.15, 0.2) is 0 Å². The lowest BCUT2D eigenvalue weighted by molar-refractivity contribution is 1.18. The molecule has 1 nitrogen and oxygen atoms in total. The summed E-state index contributed by atoms with van der Waals surface area (Å²) in [4.78, 5) is 0. The molecule has 0 N–H and O–H groups in total. The Morgan fingerprint density at radius 2 is 1.02 bits per heavy atom. The first-order chi connectivity index (χ1) is 19.7. The maximum atomic E-state index is 6.27. The van der Waals surface area contributed by atoms with Gasteiger partial charge in [-0.15, -0.1) is 0 Å². The van der Waals surface area contributed by atoms with Crippen molar-refractivity contribution in [3.63, 3.8) is 0 Å². The second-order valence-corrected chi connectivity index (χ2v) is 10.8. The minimum atomic E-state index is 0.740. The van der Waals surface area contributed by atoms with Gasteiger partial charge < -0.3 is 4.57 Å². The van der Waals surface area contributed by atoms with Gasteiger partial charge in [-0.05, 0) is 92.3 Å². The van der Waals surface area contributed by atoms with E-state index in [2.05, 4.69) is 138 Å². The molecular weight excluding hydrogens is 506 g/mol. The van der Waals surface area contributed by atoms with Crippen LogP contribution in [0.5, 0.6) is 0 Å². The number of rotatable bonds is 3. The van der Waals surface area contributed by atoms with Crippen LogP contribution in [0.3, 0.4) is 0 Å². The minimum absolute atomic E-state index is 0.740. The van der Waals surface area contributed by atoms with Crippen LogP contribution in [0.1, 0.15) is 0 Å². The molecule has 0 unspecified atom stereocenters. The second kappa shape index (κ2) is 9.12. The molecule has 2 heteroatoms. The molecule has 0 aliphatic carbocycles. The number of benzene rings is 7. The van der Waals surface area contributed by atoms with Gasteiger partial charge in [0.1, 0.15) is 0 Å². The van der Waals surface area contributed by atoms with E-state index in [1.54, 1.807) is 0 Å². The smallest absolute Gasteiger partial charge is 0.0547 e. The van der Waals surface area contributed by atoms with Crippen LogP contribution in [-0.2, 0) is 0 Å². The first-order valence-electron chi connectivity index (χ1n) is 13.5. The summed E-state index contributed by atoms with van der Waals surface area (Å²) in [7, 11) is 0. The van der Waals surface area contributed by atoms with Gasteiger partial charge in [-0.25, -0.2) is 0 Å².